The summed E-state index contributed by atoms with van der Waals surface area (Å²) in [5.41, 5.74) is 7.68. The van der Waals surface area contributed by atoms with Crippen LogP contribution in [0.2, 0.25) is 0 Å². The maximum absolute atomic E-state index is 12.3. The number of aryl methyl sites for hydroxylation is 1. The van der Waals surface area contributed by atoms with E-state index >= 15 is 0 Å². The van der Waals surface area contributed by atoms with Gasteiger partial charge in [0.05, 0.1) is 6.33 Å². The molecule has 0 aliphatic heterocycles. The van der Waals surface area contributed by atoms with Crippen LogP contribution in [0.4, 0.5) is 11.8 Å². The number of nitrogens with zero attached hydrogens (tertiary/aromatic N) is 6. The van der Waals surface area contributed by atoms with Crippen molar-refractivity contribution in [3.8, 4) is 0 Å². The Balaban J connectivity index is 1.44. The molecule has 0 bridgehead atoms. The maximum Gasteiger partial charge on any atom is 0.271 e. The number of nitrogen functional groups attached to an aromatic ring is 1. The number of fused-ring (bicyclic) bond motifs is 1. The van der Waals surface area contributed by atoms with Crippen LogP contribution >= 0.6 is 0 Å². The number of carbonyl (C=O) groups excluding carboxylic acids is 2. The number of rotatable bonds is 7. The highest BCUT2D eigenvalue weighted by molar-refractivity contribution is 5.97. The fourth-order valence-electron chi connectivity index (χ4n) is 2.93. The van der Waals surface area contributed by atoms with Crippen molar-refractivity contribution < 1.29 is 9.59 Å². The number of hydrogen-bond acceptors (Lipinski definition) is 8. The van der Waals surface area contributed by atoms with Crippen LogP contribution in [0.25, 0.3) is 11.2 Å². The van der Waals surface area contributed by atoms with Gasteiger partial charge in [-0.1, -0.05) is 0 Å². The maximum atomic E-state index is 12.3. The van der Waals surface area contributed by atoms with E-state index in [1.54, 1.807) is 13.4 Å². The second-order valence-corrected chi connectivity index (χ2v) is 6.81. The highest BCUT2D eigenvalue weighted by atomic mass is 16.2. The number of anilines is 2. The predicted molar refractivity (Wildman–Crippen MR) is 102 cm³/mol. The molecule has 0 radical (unpaired) electrons. The van der Waals surface area contributed by atoms with E-state index in [9.17, 15) is 9.59 Å². The number of aromatic nitrogens is 6. The molecule has 28 heavy (non-hydrogen) atoms. The standard InChI is InChI=1S/C17H21N9O2/c1-9(27)12-7-11(24-25(12)2)16(28)19-5-6-26-8-20-13-14(21-10-3-4-10)22-17(18)23-15(13)26/h7-8,10H,3-6H2,1-2H3,(H,19,28)(H3,18,21,22,23). The van der Waals surface area contributed by atoms with Crippen molar-refractivity contribution in [2.24, 2.45) is 7.05 Å². The van der Waals surface area contributed by atoms with Gasteiger partial charge in [-0.15, -0.1) is 0 Å². The topological polar surface area (TPSA) is 146 Å². The van der Waals surface area contributed by atoms with Crippen molar-refractivity contribution in [2.45, 2.75) is 32.4 Å². The lowest BCUT2D eigenvalue weighted by Crippen LogP contribution is -2.27. The second-order valence-electron chi connectivity index (χ2n) is 6.81. The molecule has 1 aliphatic rings. The summed E-state index contributed by atoms with van der Waals surface area (Å²) in [6.45, 7) is 2.22. The zero-order valence-electron chi connectivity index (χ0n) is 15.6. The monoisotopic (exact) mass is 383 g/mol. The molecule has 0 aromatic carbocycles. The van der Waals surface area contributed by atoms with E-state index < -0.39 is 0 Å². The van der Waals surface area contributed by atoms with Gasteiger partial charge < -0.3 is 20.9 Å². The van der Waals surface area contributed by atoms with Crippen LogP contribution in [-0.4, -0.2) is 53.6 Å². The van der Waals surface area contributed by atoms with Crippen LogP contribution in [0.3, 0.4) is 0 Å². The average Bonchev–Trinajstić information content (AvgIpc) is 3.22. The molecule has 11 nitrogen and oxygen atoms in total. The van der Waals surface area contributed by atoms with Crippen LogP contribution in [0.15, 0.2) is 12.4 Å². The van der Waals surface area contributed by atoms with Gasteiger partial charge >= 0.3 is 0 Å². The van der Waals surface area contributed by atoms with Crippen molar-refractivity contribution in [1.82, 2.24) is 34.6 Å². The molecule has 1 aliphatic carbocycles. The highest BCUT2D eigenvalue weighted by Crippen LogP contribution is 2.27. The summed E-state index contributed by atoms with van der Waals surface area (Å²) in [5, 5.41) is 10.2. The van der Waals surface area contributed by atoms with Gasteiger partial charge in [0.15, 0.2) is 28.5 Å². The van der Waals surface area contributed by atoms with Crippen LogP contribution in [0, 0.1) is 0 Å². The van der Waals surface area contributed by atoms with E-state index in [0.29, 0.717) is 41.8 Å². The first-order valence-corrected chi connectivity index (χ1v) is 9.00. The Bertz CT molecular complexity index is 1060. The van der Waals surface area contributed by atoms with Gasteiger partial charge in [-0.25, -0.2) is 4.98 Å². The van der Waals surface area contributed by atoms with Gasteiger partial charge in [0.25, 0.3) is 5.91 Å². The molecule has 4 N–H and O–H groups in total. The molecular weight excluding hydrogens is 362 g/mol. The van der Waals surface area contributed by atoms with E-state index in [-0.39, 0.29) is 23.3 Å². The first-order valence-electron chi connectivity index (χ1n) is 9.00. The van der Waals surface area contributed by atoms with E-state index in [1.807, 2.05) is 4.57 Å². The zero-order valence-corrected chi connectivity index (χ0v) is 15.6. The molecule has 4 rings (SSSR count). The van der Waals surface area contributed by atoms with Crippen molar-refractivity contribution in [1.29, 1.82) is 0 Å². The molecule has 146 valence electrons. The summed E-state index contributed by atoms with van der Waals surface area (Å²) in [4.78, 5) is 36.7. The third-order valence-corrected chi connectivity index (χ3v) is 4.51. The molecule has 0 atom stereocenters. The van der Waals surface area contributed by atoms with Crippen molar-refractivity contribution in [3.63, 3.8) is 0 Å². The quantitative estimate of drug-likeness (QED) is 0.495. The zero-order chi connectivity index (χ0) is 19.8. The molecule has 1 amide bonds. The minimum absolute atomic E-state index is 0.146. The van der Waals surface area contributed by atoms with Crippen molar-refractivity contribution >= 4 is 34.6 Å². The number of ketones is 1. The first kappa shape index (κ1) is 17.9. The SMILES string of the molecule is CC(=O)c1cc(C(=O)NCCn2cnc3c(NC4CC4)nc(N)nc32)nn1C. The number of amides is 1. The van der Waals surface area contributed by atoms with Crippen LogP contribution in [-0.2, 0) is 13.6 Å². The van der Waals surface area contributed by atoms with Gasteiger partial charge in [0.1, 0.15) is 5.69 Å². The molecule has 1 saturated carbocycles. The van der Waals surface area contributed by atoms with Crippen molar-refractivity contribution in [2.75, 3.05) is 17.6 Å². The Morgan fingerprint density at radius 2 is 2.11 bits per heavy atom. The van der Waals surface area contributed by atoms with Gasteiger partial charge in [-0.05, 0) is 12.8 Å². The molecule has 1 fully saturated rings. The third kappa shape index (κ3) is 3.50. The predicted octanol–water partition coefficient (Wildman–Crippen LogP) is 0.349. The molecular formula is C17H21N9O2. The van der Waals surface area contributed by atoms with E-state index in [4.69, 9.17) is 5.73 Å². The Hall–Kier alpha value is -3.50. The van der Waals surface area contributed by atoms with Gasteiger partial charge in [0, 0.05) is 39.2 Å². The van der Waals surface area contributed by atoms with Gasteiger partial charge in [-0.2, -0.15) is 15.1 Å². The lowest BCUT2D eigenvalue weighted by Gasteiger charge is -2.07. The fourth-order valence-corrected chi connectivity index (χ4v) is 2.93. The van der Waals surface area contributed by atoms with Crippen LogP contribution in [0.5, 0.6) is 0 Å². The Morgan fingerprint density at radius 1 is 1.32 bits per heavy atom. The number of imidazole rings is 1. The van der Waals surface area contributed by atoms with Crippen LogP contribution in [0.1, 0.15) is 40.7 Å². The first-order chi connectivity index (χ1) is 13.4. The van der Waals surface area contributed by atoms with E-state index in [0.717, 1.165) is 12.8 Å². The summed E-state index contributed by atoms with van der Waals surface area (Å²) in [6.07, 6.45) is 3.87. The number of nitrogens with one attached hydrogen (secondary N) is 2. The number of hydrogen-bond donors (Lipinski definition) is 3. The molecule has 3 aromatic heterocycles. The lowest BCUT2D eigenvalue weighted by atomic mass is 10.3. The largest absolute Gasteiger partial charge is 0.368 e. The lowest BCUT2D eigenvalue weighted by molar-refractivity contribution is 0.0945. The van der Waals surface area contributed by atoms with Crippen LogP contribution < -0.4 is 16.4 Å². The normalized spacial score (nSPS) is 13.6. The Labute approximate surface area is 160 Å². The Kier molecular flexibility index (Phi) is 4.41. The molecule has 0 spiro atoms. The molecule has 0 saturated heterocycles. The number of carbonyl (C=O) groups is 2. The van der Waals surface area contributed by atoms with Gasteiger partial charge in [-0.3, -0.25) is 14.3 Å². The minimum Gasteiger partial charge on any atom is -0.368 e. The Morgan fingerprint density at radius 3 is 2.79 bits per heavy atom. The second kappa shape index (κ2) is 6.91. The van der Waals surface area contributed by atoms with Gasteiger partial charge in [0.2, 0.25) is 5.95 Å². The summed E-state index contributed by atoms with van der Waals surface area (Å²) >= 11 is 0. The van der Waals surface area contributed by atoms with Crippen molar-refractivity contribution in [3.05, 3.63) is 23.8 Å². The summed E-state index contributed by atoms with van der Waals surface area (Å²) in [5.74, 6) is 0.314. The fraction of sp³-hybridized carbons (Fsp3) is 0.412. The highest BCUT2D eigenvalue weighted by Gasteiger charge is 2.24. The summed E-state index contributed by atoms with van der Waals surface area (Å²) in [7, 11) is 1.63. The third-order valence-electron chi connectivity index (χ3n) is 4.51. The molecule has 11 heteroatoms. The molecule has 0 unspecified atom stereocenters. The number of nitrogens with two attached hydrogens (primary N) is 1. The smallest absolute Gasteiger partial charge is 0.271 e. The van der Waals surface area contributed by atoms with E-state index in [1.165, 1.54) is 17.7 Å². The molecule has 3 heterocycles. The van der Waals surface area contributed by atoms with E-state index in [2.05, 4.69) is 30.7 Å². The summed E-state index contributed by atoms with van der Waals surface area (Å²) < 4.78 is 3.21. The number of Topliss-reactive ketones (excluding diaryl/α,β-unsaturated/α-hetero) is 1. The molecule has 3 aromatic rings. The summed E-state index contributed by atoms with van der Waals surface area (Å²) in [6, 6.07) is 1.90. The minimum atomic E-state index is -0.349. The average molecular weight is 383 g/mol.